The molecule has 2 heterocycles. The van der Waals surface area contributed by atoms with Gasteiger partial charge in [-0.2, -0.15) is 0 Å². The number of rotatable bonds is 3. The van der Waals surface area contributed by atoms with Crippen molar-refractivity contribution in [3.63, 3.8) is 0 Å². The standard InChI is InChI=1S/C18H26BrClN2O3/c1-6-12-10-24-16(11-8-14(19)21-15(20)9-11)13(7-2)22(12)17(23)25-18(3,4)5/h8-9,12-13,16H,6-7,10H2,1-5H3/t12-,13+,16-/m1/s1. The van der Waals surface area contributed by atoms with E-state index in [1.807, 2.05) is 38.7 Å². The van der Waals surface area contributed by atoms with E-state index in [4.69, 9.17) is 21.1 Å². The Bertz CT molecular complexity index is 601. The fraction of sp³-hybridized carbons (Fsp3) is 0.667. The minimum Gasteiger partial charge on any atom is -0.444 e. The monoisotopic (exact) mass is 432 g/mol. The Morgan fingerprint density at radius 2 is 2.08 bits per heavy atom. The minimum absolute atomic E-state index is 0.00296. The fourth-order valence-electron chi connectivity index (χ4n) is 3.11. The molecule has 1 aliphatic rings. The third-order valence-corrected chi connectivity index (χ3v) is 4.78. The summed E-state index contributed by atoms with van der Waals surface area (Å²) in [6.45, 7) is 10.2. The lowest BCUT2D eigenvalue weighted by Gasteiger charge is -2.46. The van der Waals surface area contributed by atoms with Crippen molar-refractivity contribution in [1.29, 1.82) is 0 Å². The van der Waals surface area contributed by atoms with Gasteiger partial charge in [-0.25, -0.2) is 9.78 Å². The van der Waals surface area contributed by atoms with Crippen molar-refractivity contribution < 1.29 is 14.3 Å². The van der Waals surface area contributed by atoms with Crippen LogP contribution in [-0.2, 0) is 9.47 Å². The highest BCUT2D eigenvalue weighted by atomic mass is 79.9. The van der Waals surface area contributed by atoms with Crippen LogP contribution in [0.25, 0.3) is 0 Å². The Hall–Kier alpha value is -0.850. The zero-order valence-electron chi connectivity index (χ0n) is 15.4. The van der Waals surface area contributed by atoms with Gasteiger partial charge in [0.15, 0.2) is 0 Å². The minimum atomic E-state index is -0.537. The molecule has 3 atom stereocenters. The van der Waals surface area contributed by atoms with Crippen LogP contribution in [0.15, 0.2) is 16.7 Å². The summed E-state index contributed by atoms with van der Waals surface area (Å²) in [7, 11) is 0. The van der Waals surface area contributed by atoms with Crippen molar-refractivity contribution in [2.75, 3.05) is 6.61 Å². The second-order valence-electron chi connectivity index (χ2n) is 7.23. The van der Waals surface area contributed by atoms with E-state index in [0.29, 0.717) is 16.4 Å². The molecule has 2 rings (SSSR count). The first kappa shape index (κ1) is 20.5. The molecule has 0 radical (unpaired) electrons. The Morgan fingerprint density at radius 1 is 1.40 bits per heavy atom. The summed E-state index contributed by atoms with van der Waals surface area (Å²) >= 11 is 9.47. The van der Waals surface area contributed by atoms with E-state index in [1.54, 1.807) is 6.07 Å². The third-order valence-electron chi connectivity index (χ3n) is 4.18. The second kappa shape index (κ2) is 8.23. The van der Waals surface area contributed by atoms with Crippen LogP contribution in [-0.4, -0.2) is 40.3 Å². The van der Waals surface area contributed by atoms with Crippen LogP contribution in [0.3, 0.4) is 0 Å². The molecule has 0 saturated carbocycles. The number of ether oxygens (including phenoxy) is 2. The van der Waals surface area contributed by atoms with Gasteiger partial charge in [0.2, 0.25) is 0 Å². The molecule has 0 spiro atoms. The summed E-state index contributed by atoms with van der Waals surface area (Å²) in [5.41, 5.74) is 0.367. The zero-order chi connectivity index (χ0) is 18.8. The van der Waals surface area contributed by atoms with Crippen molar-refractivity contribution in [1.82, 2.24) is 9.88 Å². The Morgan fingerprint density at radius 3 is 2.60 bits per heavy atom. The van der Waals surface area contributed by atoms with E-state index < -0.39 is 5.60 Å². The molecule has 0 aromatic carbocycles. The van der Waals surface area contributed by atoms with Gasteiger partial charge in [0.05, 0.1) is 18.7 Å². The molecule has 1 fully saturated rings. The van der Waals surface area contributed by atoms with Gasteiger partial charge in [-0.1, -0.05) is 25.4 Å². The number of halogens is 2. The Kier molecular flexibility index (Phi) is 6.74. The first-order chi connectivity index (χ1) is 11.7. The summed E-state index contributed by atoms with van der Waals surface area (Å²) in [5, 5.41) is 0.393. The van der Waals surface area contributed by atoms with Gasteiger partial charge >= 0.3 is 6.09 Å². The molecule has 0 bridgehead atoms. The van der Waals surface area contributed by atoms with Crippen molar-refractivity contribution >= 4 is 33.6 Å². The van der Waals surface area contributed by atoms with Crippen LogP contribution < -0.4 is 0 Å². The topological polar surface area (TPSA) is 51.7 Å². The van der Waals surface area contributed by atoms with Crippen LogP contribution in [0.1, 0.15) is 59.1 Å². The van der Waals surface area contributed by atoms with E-state index in [9.17, 15) is 4.79 Å². The number of hydrogen-bond acceptors (Lipinski definition) is 4. The van der Waals surface area contributed by atoms with Gasteiger partial charge in [0.1, 0.15) is 21.5 Å². The number of pyridine rings is 1. The number of hydrogen-bond donors (Lipinski definition) is 0. The fourth-order valence-corrected chi connectivity index (χ4v) is 3.89. The SMILES string of the molecule is CC[C@@H]1CO[C@H](c2cc(Cl)nc(Br)c2)[C@H](CC)N1C(=O)OC(C)(C)C. The Labute approximate surface area is 163 Å². The predicted molar refractivity (Wildman–Crippen MR) is 102 cm³/mol. The molecule has 1 aromatic heterocycles. The highest BCUT2D eigenvalue weighted by molar-refractivity contribution is 9.10. The van der Waals surface area contributed by atoms with Crippen molar-refractivity contribution in [3.05, 3.63) is 27.5 Å². The molecule has 140 valence electrons. The number of morpholine rings is 1. The van der Waals surface area contributed by atoms with E-state index in [2.05, 4.69) is 27.8 Å². The first-order valence-electron chi connectivity index (χ1n) is 8.62. The van der Waals surface area contributed by atoms with Gasteiger partial charge < -0.3 is 9.47 Å². The highest BCUT2D eigenvalue weighted by Crippen LogP contribution is 2.36. The molecule has 1 aromatic rings. The van der Waals surface area contributed by atoms with Crippen molar-refractivity contribution in [3.8, 4) is 0 Å². The lowest BCUT2D eigenvalue weighted by atomic mass is 9.95. The van der Waals surface area contributed by atoms with E-state index >= 15 is 0 Å². The number of carbonyl (C=O) groups is 1. The maximum atomic E-state index is 12.9. The highest BCUT2D eigenvalue weighted by Gasteiger charge is 2.42. The van der Waals surface area contributed by atoms with Gasteiger partial charge in [0, 0.05) is 0 Å². The van der Waals surface area contributed by atoms with E-state index in [1.165, 1.54) is 0 Å². The third kappa shape index (κ3) is 5.08. The molecule has 1 amide bonds. The van der Waals surface area contributed by atoms with Gasteiger partial charge in [0.25, 0.3) is 0 Å². The maximum absolute atomic E-state index is 12.9. The summed E-state index contributed by atoms with van der Waals surface area (Å²) < 4.78 is 12.4. The van der Waals surface area contributed by atoms with Gasteiger partial charge in [-0.15, -0.1) is 0 Å². The number of amides is 1. The predicted octanol–water partition coefficient (Wildman–Crippen LogP) is 5.36. The average molecular weight is 434 g/mol. The molecular weight excluding hydrogens is 408 g/mol. The van der Waals surface area contributed by atoms with Gasteiger partial charge in [-0.3, -0.25) is 4.90 Å². The molecule has 5 nitrogen and oxygen atoms in total. The van der Waals surface area contributed by atoms with Crippen molar-refractivity contribution in [2.45, 2.75) is 71.2 Å². The largest absolute Gasteiger partial charge is 0.444 e. The lowest BCUT2D eigenvalue weighted by Crippen LogP contribution is -2.56. The molecule has 25 heavy (non-hydrogen) atoms. The van der Waals surface area contributed by atoms with Crippen molar-refractivity contribution in [2.24, 2.45) is 0 Å². The molecular formula is C18H26BrClN2O3. The number of carbonyl (C=O) groups excluding carboxylic acids is 1. The van der Waals surface area contributed by atoms with E-state index in [-0.39, 0.29) is 24.3 Å². The van der Waals surface area contributed by atoms with Crippen LogP contribution in [0, 0.1) is 0 Å². The summed E-state index contributed by atoms with van der Waals surface area (Å²) in [5.74, 6) is 0. The molecule has 0 N–H and O–H groups in total. The van der Waals surface area contributed by atoms with Crippen LogP contribution >= 0.6 is 27.5 Å². The molecule has 1 saturated heterocycles. The summed E-state index contributed by atoms with van der Waals surface area (Å²) in [6, 6.07) is 3.55. The molecule has 0 unspecified atom stereocenters. The molecule has 0 aliphatic carbocycles. The summed E-state index contributed by atoms with van der Waals surface area (Å²) in [6.07, 6.45) is 0.997. The lowest BCUT2D eigenvalue weighted by molar-refractivity contribution is -0.107. The quantitative estimate of drug-likeness (QED) is 0.602. The number of nitrogens with zero attached hydrogens (tertiary/aromatic N) is 2. The first-order valence-corrected chi connectivity index (χ1v) is 9.79. The molecule has 7 heteroatoms. The van der Waals surface area contributed by atoms with E-state index in [0.717, 1.165) is 18.4 Å². The van der Waals surface area contributed by atoms with Gasteiger partial charge in [-0.05, 0) is 67.2 Å². The average Bonchev–Trinajstić information content (AvgIpc) is 2.50. The normalized spacial score (nSPS) is 24.3. The van der Waals surface area contributed by atoms with Crippen LogP contribution in [0.4, 0.5) is 4.79 Å². The zero-order valence-corrected chi connectivity index (χ0v) is 17.7. The second-order valence-corrected chi connectivity index (χ2v) is 8.42. The molecule has 1 aliphatic heterocycles. The number of aromatic nitrogens is 1. The van der Waals surface area contributed by atoms with Crippen LogP contribution in [0.5, 0.6) is 0 Å². The summed E-state index contributed by atoms with van der Waals surface area (Å²) in [4.78, 5) is 18.8. The van der Waals surface area contributed by atoms with Crippen LogP contribution in [0.2, 0.25) is 5.15 Å². The Balaban J connectivity index is 2.36. The maximum Gasteiger partial charge on any atom is 0.410 e. The smallest absolute Gasteiger partial charge is 0.410 e.